The van der Waals surface area contributed by atoms with Crippen molar-refractivity contribution in [1.29, 1.82) is 0 Å². The normalized spacial score (nSPS) is 11.8. The summed E-state index contributed by atoms with van der Waals surface area (Å²) in [6.07, 6.45) is 0. The van der Waals surface area contributed by atoms with Gasteiger partial charge >= 0.3 is 8.56 Å². The molecule has 1 aromatic rings. The topological polar surface area (TPSA) is 18.5 Å². The van der Waals surface area contributed by atoms with Crippen LogP contribution in [0.1, 0.15) is 0 Å². The Kier molecular flexibility index (Phi) is 4.82. The lowest BCUT2D eigenvalue weighted by molar-refractivity contribution is 0.265. The summed E-state index contributed by atoms with van der Waals surface area (Å²) in [6, 6.07) is 6.32. The second-order valence-corrected chi connectivity index (χ2v) is 8.63. The Morgan fingerprint density at radius 2 is 1.71 bits per heavy atom. The predicted molar refractivity (Wildman–Crippen MR) is 77.1 cm³/mol. The third-order valence-electron chi connectivity index (χ3n) is 2.20. The molecule has 1 rings (SSSR count). The summed E-state index contributed by atoms with van der Waals surface area (Å²) in [5.74, 6) is 0. The van der Waals surface area contributed by atoms with Crippen LogP contribution >= 0.6 is 45.2 Å². The van der Waals surface area contributed by atoms with E-state index in [1.165, 1.54) is 12.3 Å². The number of halogens is 2. The van der Waals surface area contributed by atoms with E-state index in [0.717, 1.165) is 0 Å². The lowest BCUT2D eigenvalue weighted by atomic mass is 10.4. The average molecular weight is 434 g/mol. The van der Waals surface area contributed by atoms with Crippen molar-refractivity contribution in [3.63, 3.8) is 0 Å². The average Bonchev–Trinajstić information content (AvgIpc) is 2.17. The molecule has 0 aliphatic heterocycles. The van der Waals surface area contributed by atoms with Crippen LogP contribution in [0, 0.1) is 7.14 Å². The highest BCUT2D eigenvalue weighted by Gasteiger charge is 2.33. The predicted octanol–water partition coefficient (Wildman–Crippen LogP) is 2.47. The van der Waals surface area contributed by atoms with Gasteiger partial charge in [0.05, 0.1) is 0 Å². The van der Waals surface area contributed by atoms with Crippen LogP contribution in [0.2, 0.25) is 6.55 Å². The summed E-state index contributed by atoms with van der Waals surface area (Å²) < 4.78 is 13.5. The van der Waals surface area contributed by atoms with Crippen LogP contribution in [0.3, 0.4) is 0 Å². The zero-order valence-electron chi connectivity index (χ0n) is 8.30. The van der Waals surface area contributed by atoms with Crippen LogP contribution in [-0.4, -0.2) is 22.8 Å². The number of hydrogen-bond acceptors (Lipinski definition) is 2. The van der Waals surface area contributed by atoms with Crippen molar-refractivity contribution in [2.24, 2.45) is 0 Å². The van der Waals surface area contributed by atoms with E-state index >= 15 is 0 Å². The van der Waals surface area contributed by atoms with Crippen molar-refractivity contribution in [3.8, 4) is 0 Å². The molecule has 5 heteroatoms. The number of rotatable bonds is 3. The summed E-state index contributed by atoms with van der Waals surface area (Å²) in [4.78, 5) is 0. The van der Waals surface area contributed by atoms with Gasteiger partial charge in [-0.2, -0.15) is 0 Å². The first kappa shape index (κ1) is 12.9. The van der Waals surface area contributed by atoms with Crippen LogP contribution in [0.25, 0.3) is 0 Å². The smallest absolute Gasteiger partial charge is 0.369 e. The summed E-state index contributed by atoms with van der Waals surface area (Å²) >= 11 is 4.63. The molecule has 14 heavy (non-hydrogen) atoms. The minimum Gasteiger partial charge on any atom is -0.394 e. The van der Waals surface area contributed by atoms with Gasteiger partial charge in [0.2, 0.25) is 0 Å². The number of hydrogen-bond donors (Lipinski definition) is 0. The zero-order chi connectivity index (χ0) is 10.8. The molecule has 0 aromatic heterocycles. The highest BCUT2D eigenvalue weighted by atomic mass is 127. The molecule has 2 nitrogen and oxygen atoms in total. The number of benzene rings is 1. The molecule has 0 aliphatic carbocycles. The molecular formula is C9H12I2O2Si. The van der Waals surface area contributed by atoms with E-state index in [0.29, 0.717) is 0 Å². The molecule has 78 valence electrons. The van der Waals surface area contributed by atoms with Crippen molar-refractivity contribution in [2.45, 2.75) is 6.55 Å². The second kappa shape index (κ2) is 5.24. The molecular weight excluding hydrogens is 422 g/mol. The fourth-order valence-electron chi connectivity index (χ4n) is 1.16. The lowest BCUT2D eigenvalue weighted by Gasteiger charge is -2.24. The molecule has 0 amide bonds. The van der Waals surface area contributed by atoms with Gasteiger partial charge in [0.25, 0.3) is 0 Å². The van der Waals surface area contributed by atoms with Gasteiger partial charge in [-0.1, -0.05) is 6.07 Å². The Hall–Kier alpha value is 0.817. The first-order chi connectivity index (χ1) is 6.53. The summed E-state index contributed by atoms with van der Waals surface area (Å²) in [6.45, 7) is 2.05. The minimum absolute atomic E-state index is 1.20. The quantitative estimate of drug-likeness (QED) is 0.538. The first-order valence-electron chi connectivity index (χ1n) is 4.09. The monoisotopic (exact) mass is 434 g/mol. The Morgan fingerprint density at radius 3 is 2.14 bits per heavy atom. The van der Waals surface area contributed by atoms with E-state index < -0.39 is 8.56 Å². The minimum atomic E-state index is -2.15. The largest absolute Gasteiger partial charge is 0.394 e. The molecule has 0 spiro atoms. The summed E-state index contributed by atoms with van der Waals surface area (Å²) in [5.41, 5.74) is 0. The van der Waals surface area contributed by atoms with Gasteiger partial charge in [0.1, 0.15) is 0 Å². The van der Waals surface area contributed by atoms with Gasteiger partial charge in [0.15, 0.2) is 0 Å². The van der Waals surface area contributed by atoms with Crippen LogP contribution in [0.4, 0.5) is 0 Å². The maximum atomic E-state index is 5.50. The Bertz CT molecular complexity index is 327. The second-order valence-electron chi connectivity index (χ2n) is 2.98. The van der Waals surface area contributed by atoms with Crippen LogP contribution in [0.15, 0.2) is 18.2 Å². The van der Waals surface area contributed by atoms with Gasteiger partial charge in [-0.15, -0.1) is 0 Å². The SMILES string of the molecule is CO[Si](C)(OC)c1ccc(I)cc1I. The van der Waals surface area contributed by atoms with E-state index in [1.54, 1.807) is 14.2 Å². The Balaban J connectivity index is 3.17. The highest BCUT2D eigenvalue weighted by molar-refractivity contribution is 14.1. The van der Waals surface area contributed by atoms with Gasteiger partial charge in [0, 0.05) is 26.5 Å². The highest BCUT2D eigenvalue weighted by Crippen LogP contribution is 2.14. The van der Waals surface area contributed by atoms with Crippen LogP contribution < -0.4 is 5.19 Å². The summed E-state index contributed by atoms with van der Waals surface area (Å²) in [5, 5.41) is 1.20. The van der Waals surface area contributed by atoms with E-state index in [-0.39, 0.29) is 0 Å². The fourth-order valence-corrected chi connectivity index (χ4v) is 5.73. The van der Waals surface area contributed by atoms with Crippen molar-refractivity contribution < 1.29 is 8.85 Å². The molecule has 0 radical (unpaired) electrons. The molecule has 0 unspecified atom stereocenters. The Labute approximate surface area is 113 Å². The maximum absolute atomic E-state index is 5.50. The van der Waals surface area contributed by atoms with Crippen LogP contribution in [0.5, 0.6) is 0 Å². The molecule has 1 aromatic carbocycles. The standard InChI is InChI=1S/C9H12I2O2Si/c1-12-14(3,13-2)9-5-4-7(10)6-8(9)11/h4-6H,1-3H3. The van der Waals surface area contributed by atoms with E-state index in [4.69, 9.17) is 8.85 Å². The summed E-state index contributed by atoms with van der Waals surface area (Å²) in [7, 11) is 1.27. The van der Waals surface area contributed by atoms with Crippen molar-refractivity contribution >= 4 is 58.9 Å². The molecule has 0 atom stereocenters. The van der Waals surface area contributed by atoms with E-state index in [2.05, 4.69) is 69.9 Å². The molecule has 0 aliphatic rings. The van der Waals surface area contributed by atoms with Gasteiger partial charge in [-0.05, 0) is 63.9 Å². The van der Waals surface area contributed by atoms with Crippen molar-refractivity contribution in [2.75, 3.05) is 14.2 Å². The molecule has 0 bridgehead atoms. The fraction of sp³-hybridized carbons (Fsp3) is 0.333. The Morgan fingerprint density at radius 1 is 1.14 bits per heavy atom. The van der Waals surface area contributed by atoms with Crippen molar-refractivity contribution in [1.82, 2.24) is 0 Å². The molecule has 0 fully saturated rings. The van der Waals surface area contributed by atoms with Crippen molar-refractivity contribution in [3.05, 3.63) is 25.3 Å². The van der Waals surface area contributed by atoms with E-state index in [9.17, 15) is 0 Å². The molecule has 0 saturated carbocycles. The molecule has 0 heterocycles. The molecule has 0 saturated heterocycles. The van der Waals surface area contributed by atoms with Gasteiger partial charge in [-0.3, -0.25) is 0 Å². The van der Waals surface area contributed by atoms with Crippen LogP contribution in [-0.2, 0) is 8.85 Å². The lowest BCUT2D eigenvalue weighted by Crippen LogP contribution is -2.50. The zero-order valence-corrected chi connectivity index (χ0v) is 13.6. The van der Waals surface area contributed by atoms with Gasteiger partial charge in [-0.25, -0.2) is 0 Å². The third kappa shape index (κ3) is 2.69. The third-order valence-corrected chi connectivity index (χ3v) is 7.24. The first-order valence-corrected chi connectivity index (χ1v) is 8.56. The maximum Gasteiger partial charge on any atom is 0.369 e. The molecule has 0 N–H and O–H groups in total. The van der Waals surface area contributed by atoms with E-state index in [1.807, 2.05) is 0 Å². The van der Waals surface area contributed by atoms with Gasteiger partial charge < -0.3 is 8.85 Å².